The maximum absolute atomic E-state index is 10.5. The Hall–Kier alpha value is -1.47. The van der Waals surface area contributed by atoms with E-state index in [4.69, 9.17) is 20.3 Å². The molecule has 0 aromatic heterocycles. The average molecular weight is 318 g/mol. The normalized spacial score (nSPS) is 14.6. The predicted molar refractivity (Wildman–Crippen MR) is 65.7 cm³/mol. The summed E-state index contributed by atoms with van der Waals surface area (Å²) >= 11 is 3.19. The molecule has 0 radical (unpaired) electrons. The first-order valence-corrected chi connectivity index (χ1v) is 6.08. The smallest absolute Gasteiger partial charge is 0.303 e. The standard InChI is InChI=1S/C11H12BrNO5/c12-5-3-7-11(18-4-17-7)9(10(5)16)6(13)1-2-8(14)15/h3,6,16H,1-2,4,13H2,(H,14,15). The second-order valence-electron chi connectivity index (χ2n) is 3.89. The summed E-state index contributed by atoms with van der Waals surface area (Å²) in [5.41, 5.74) is 6.28. The molecule has 6 nitrogen and oxygen atoms in total. The summed E-state index contributed by atoms with van der Waals surface area (Å²) in [5.74, 6) is -0.111. The van der Waals surface area contributed by atoms with Gasteiger partial charge in [-0.2, -0.15) is 0 Å². The van der Waals surface area contributed by atoms with Crippen molar-refractivity contribution in [2.75, 3.05) is 6.79 Å². The zero-order valence-corrected chi connectivity index (χ0v) is 10.9. The van der Waals surface area contributed by atoms with Crippen LogP contribution in [0, 0.1) is 0 Å². The molecule has 1 aliphatic rings. The van der Waals surface area contributed by atoms with E-state index >= 15 is 0 Å². The van der Waals surface area contributed by atoms with Gasteiger partial charge in [-0.1, -0.05) is 0 Å². The van der Waals surface area contributed by atoms with Crippen LogP contribution in [0.5, 0.6) is 17.2 Å². The van der Waals surface area contributed by atoms with Crippen molar-refractivity contribution in [2.24, 2.45) is 5.73 Å². The van der Waals surface area contributed by atoms with Gasteiger partial charge in [0.15, 0.2) is 11.5 Å². The highest BCUT2D eigenvalue weighted by atomic mass is 79.9. The van der Waals surface area contributed by atoms with Crippen LogP contribution in [-0.2, 0) is 4.79 Å². The Morgan fingerprint density at radius 3 is 2.94 bits per heavy atom. The van der Waals surface area contributed by atoms with Gasteiger partial charge in [0, 0.05) is 18.5 Å². The number of fused-ring (bicyclic) bond motifs is 1. The molecule has 1 aromatic carbocycles. The minimum Gasteiger partial charge on any atom is -0.506 e. The van der Waals surface area contributed by atoms with E-state index in [0.29, 0.717) is 21.5 Å². The van der Waals surface area contributed by atoms with E-state index in [2.05, 4.69) is 15.9 Å². The highest BCUT2D eigenvalue weighted by Gasteiger charge is 2.27. The topological polar surface area (TPSA) is 102 Å². The predicted octanol–water partition coefficient (Wildman–Crippen LogP) is 1.75. The van der Waals surface area contributed by atoms with Gasteiger partial charge in [-0.3, -0.25) is 4.79 Å². The van der Waals surface area contributed by atoms with Gasteiger partial charge in [0.1, 0.15) is 5.75 Å². The van der Waals surface area contributed by atoms with Crippen LogP contribution in [0.2, 0.25) is 0 Å². The fraction of sp³-hybridized carbons (Fsp3) is 0.364. The van der Waals surface area contributed by atoms with Crippen molar-refractivity contribution >= 4 is 21.9 Å². The number of carbonyl (C=O) groups is 1. The number of aromatic hydroxyl groups is 1. The second kappa shape index (κ2) is 5.03. The third-order valence-corrected chi connectivity index (χ3v) is 3.27. The molecule has 1 heterocycles. The van der Waals surface area contributed by atoms with E-state index in [1.165, 1.54) is 0 Å². The molecule has 0 aliphatic carbocycles. The van der Waals surface area contributed by atoms with Crippen molar-refractivity contribution in [3.05, 3.63) is 16.1 Å². The van der Waals surface area contributed by atoms with E-state index in [0.717, 1.165) is 0 Å². The lowest BCUT2D eigenvalue weighted by Gasteiger charge is -2.16. The molecule has 0 amide bonds. The van der Waals surface area contributed by atoms with Gasteiger partial charge in [-0.25, -0.2) is 0 Å². The fourth-order valence-corrected chi connectivity index (χ4v) is 2.21. The van der Waals surface area contributed by atoms with Crippen LogP contribution in [0.4, 0.5) is 0 Å². The van der Waals surface area contributed by atoms with Crippen LogP contribution < -0.4 is 15.2 Å². The van der Waals surface area contributed by atoms with Crippen molar-refractivity contribution in [3.63, 3.8) is 0 Å². The van der Waals surface area contributed by atoms with E-state index in [-0.39, 0.29) is 25.4 Å². The number of ether oxygens (including phenoxy) is 2. The van der Waals surface area contributed by atoms with Gasteiger partial charge in [-0.05, 0) is 22.4 Å². The number of benzene rings is 1. The minimum atomic E-state index is -0.936. The second-order valence-corrected chi connectivity index (χ2v) is 4.75. The van der Waals surface area contributed by atoms with Gasteiger partial charge < -0.3 is 25.4 Å². The Kier molecular flexibility index (Phi) is 3.63. The quantitative estimate of drug-likeness (QED) is 0.782. The van der Waals surface area contributed by atoms with Crippen LogP contribution >= 0.6 is 15.9 Å². The van der Waals surface area contributed by atoms with Crippen molar-refractivity contribution < 1.29 is 24.5 Å². The largest absolute Gasteiger partial charge is 0.506 e. The molecule has 98 valence electrons. The lowest BCUT2D eigenvalue weighted by Crippen LogP contribution is -2.13. The molecule has 0 saturated carbocycles. The van der Waals surface area contributed by atoms with Crippen molar-refractivity contribution in [1.29, 1.82) is 0 Å². The van der Waals surface area contributed by atoms with Crippen LogP contribution in [-0.4, -0.2) is 23.0 Å². The van der Waals surface area contributed by atoms with Gasteiger partial charge in [0.05, 0.1) is 10.0 Å². The molecule has 1 unspecified atom stereocenters. The third-order valence-electron chi connectivity index (χ3n) is 2.67. The molecule has 4 N–H and O–H groups in total. The molecule has 0 bridgehead atoms. The lowest BCUT2D eigenvalue weighted by molar-refractivity contribution is -0.137. The number of carboxylic acids is 1. The van der Waals surface area contributed by atoms with Crippen LogP contribution in [0.15, 0.2) is 10.5 Å². The van der Waals surface area contributed by atoms with E-state index in [1.54, 1.807) is 6.07 Å². The number of hydrogen-bond acceptors (Lipinski definition) is 5. The Labute approximate surface area is 111 Å². The van der Waals surface area contributed by atoms with Crippen LogP contribution in [0.3, 0.4) is 0 Å². The maximum atomic E-state index is 10.5. The molecule has 0 saturated heterocycles. The van der Waals surface area contributed by atoms with Gasteiger partial charge >= 0.3 is 5.97 Å². The van der Waals surface area contributed by atoms with Gasteiger partial charge in [-0.15, -0.1) is 0 Å². The summed E-state index contributed by atoms with van der Waals surface area (Å²) in [6.07, 6.45) is 0.123. The van der Waals surface area contributed by atoms with Crippen LogP contribution in [0.1, 0.15) is 24.4 Å². The highest BCUT2D eigenvalue weighted by Crippen LogP contribution is 2.47. The number of aliphatic carboxylic acids is 1. The summed E-state index contributed by atoms with van der Waals surface area (Å²) in [5, 5.41) is 18.6. The Morgan fingerprint density at radius 2 is 2.28 bits per heavy atom. The first-order chi connectivity index (χ1) is 8.50. The zero-order chi connectivity index (χ0) is 13.3. The molecule has 1 aromatic rings. The van der Waals surface area contributed by atoms with Crippen LogP contribution in [0.25, 0.3) is 0 Å². The first kappa shape index (κ1) is 13.0. The summed E-state index contributed by atoms with van der Waals surface area (Å²) in [6.45, 7) is 0.0594. The zero-order valence-electron chi connectivity index (χ0n) is 9.35. The summed E-state index contributed by atoms with van der Waals surface area (Å²) < 4.78 is 10.9. The summed E-state index contributed by atoms with van der Waals surface area (Å²) in [6, 6.07) is 0.958. The van der Waals surface area contributed by atoms with E-state index in [1.807, 2.05) is 0 Å². The van der Waals surface area contributed by atoms with Crippen molar-refractivity contribution in [1.82, 2.24) is 0 Å². The average Bonchev–Trinajstić information content (AvgIpc) is 2.74. The number of rotatable bonds is 4. The van der Waals surface area contributed by atoms with Crippen molar-refractivity contribution in [2.45, 2.75) is 18.9 Å². The Bertz CT molecular complexity index is 491. The number of nitrogens with two attached hydrogens (primary N) is 1. The molecule has 2 rings (SSSR count). The Morgan fingerprint density at radius 1 is 1.56 bits per heavy atom. The van der Waals surface area contributed by atoms with Crippen molar-refractivity contribution in [3.8, 4) is 17.2 Å². The SMILES string of the molecule is NC(CCC(=O)O)c1c(O)c(Br)cc2c1OCO2. The molecule has 18 heavy (non-hydrogen) atoms. The molecule has 0 spiro atoms. The molecule has 1 aliphatic heterocycles. The number of phenolic OH excluding ortho intramolecular Hbond substituents is 1. The molecular formula is C11H12BrNO5. The van der Waals surface area contributed by atoms with Gasteiger partial charge in [0.25, 0.3) is 0 Å². The summed E-state index contributed by atoms with van der Waals surface area (Å²) in [4.78, 5) is 10.5. The number of hydrogen-bond donors (Lipinski definition) is 3. The molecule has 0 fully saturated rings. The monoisotopic (exact) mass is 317 g/mol. The number of phenols is 1. The Balaban J connectivity index is 2.34. The fourth-order valence-electron chi connectivity index (χ4n) is 1.79. The number of halogens is 1. The minimum absolute atomic E-state index is 0.0443. The molecule has 7 heteroatoms. The number of carboxylic acid groups (broad SMARTS) is 1. The third kappa shape index (κ3) is 2.37. The van der Waals surface area contributed by atoms with E-state index < -0.39 is 12.0 Å². The first-order valence-electron chi connectivity index (χ1n) is 5.29. The lowest BCUT2D eigenvalue weighted by atomic mass is 10.0. The maximum Gasteiger partial charge on any atom is 0.303 e. The molecule has 1 atom stereocenters. The highest BCUT2D eigenvalue weighted by molar-refractivity contribution is 9.10. The van der Waals surface area contributed by atoms with Gasteiger partial charge in [0.2, 0.25) is 6.79 Å². The summed E-state index contributed by atoms with van der Waals surface area (Å²) in [7, 11) is 0. The molecular weight excluding hydrogens is 306 g/mol. The van der Waals surface area contributed by atoms with E-state index in [9.17, 15) is 9.90 Å².